The summed E-state index contributed by atoms with van der Waals surface area (Å²) in [6, 6.07) is 7.22. The van der Waals surface area contributed by atoms with Gasteiger partial charge in [-0.25, -0.2) is 9.48 Å². The van der Waals surface area contributed by atoms with Crippen LogP contribution in [-0.2, 0) is 13.0 Å². The van der Waals surface area contributed by atoms with E-state index in [1.807, 2.05) is 12.1 Å². The van der Waals surface area contributed by atoms with Gasteiger partial charge in [-0.3, -0.25) is 0 Å². The lowest BCUT2D eigenvalue weighted by Gasteiger charge is -2.05. The van der Waals surface area contributed by atoms with Gasteiger partial charge >= 0.3 is 5.97 Å². The number of carboxylic acid groups (broad SMARTS) is 1. The molecule has 1 heterocycles. The fourth-order valence-corrected chi connectivity index (χ4v) is 1.86. The van der Waals surface area contributed by atoms with Crippen molar-refractivity contribution in [1.82, 2.24) is 15.0 Å². The number of hydrogen-bond acceptors (Lipinski definition) is 3. The number of aromatic nitrogens is 3. The number of allylic oxidation sites excluding steroid dienone is 1. The third-order valence-electron chi connectivity index (χ3n) is 2.63. The second-order valence-electron chi connectivity index (χ2n) is 3.96. The Morgan fingerprint density at radius 3 is 2.68 bits per heavy atom. The Hall–Kier alpha value is -2.14. The van der Waals surface area contributed by atoms with Gasteiger partial charge in [0.1, 0.15) is 0 Å². The van der Waals surface area contributed by atoms with Gasteiger partial charge in [0.05, 0.1) is 12.2 Å². The average Bonchev–Trinajstić information content (AvgIpc) is 2.76. The van der Waals surface area contributed by atoms with E-state index >= 15 is 0 Å². The van der Waals surface area contributed by atoms with Gasteiger partial charge in [-0.1, -0.05) is 35.0 Å². The fraction of sp³-hybridized carbons (Fsp3) is 0.154. The first kappa shape index (κ1) is 13.3. The summed E-state index contributed by atoms with van der Waals surface area (Å²) in [5.41, 5.74) is 1.46. The zero-order valence-electron chi connectivity index (χ0n) is 10.1. The van der Waals surface area contributed by atoms with Crippen molar-refractivity contribution in [3.63, 3.8) is 0 Å². The Bertz CT molecular complexity index is 605. The topological polar surface area (TPSA) is 68.0 Å². The predicted octanol–water partition coefficient (Wildman–Crippen LogP) is 2.41. The predicted molar refractivity (Wildman–Crippen MR) is 71.4 cm³/mol. The molecule has 0 saturated heterocycles. The molecule has 6 heteroatoms. The number of hydrogen-bond donors (Lipinski definition) is 1. The number of benzene rings is 1. The van der Waals surface area contributed by atoms with Gasteiger partial charge < -0.3 is 5.11 Å². The van der Waals surface area contributed by atoms with Crippen LogP contribution in [0.4, 0.5) is 0 Å². The smallest absolute Gasteiger partial charge is 0.358 e. The van der Waals surface area contributed by atoms with Crippen molar-refractivity contribution in [3.05, 3.63) is 58.9 Å². The minimum atomic E-state index is -1.08. The molecule has 0 aliphatic rings. The number of carboxylic acids is 1. The molecule has 0 unspecified atom stereocenters. The van der Waals surface area contributed by atoms with E-state index in [1.165, 1.54) is 4.68 Å². The summed E-state index contributed by atoms with van der Waals surface area (Å²) in [7, 11) is 0. The number of carbonyl (C=O) groups is 1. The summed E-state index contributed by atoms with van der Waals surface area (Å²) in [5.74, 6) is -1.08. The monoisotopic (exact) mass is 277 g/mol. The quantitative estimate of drug-likeness (QED) is 0.852. The molecule has 0 saturated carbocycles. The Morgan fingerprint density at radius 2 is 2.11 bits per heavy atom. The average molecular weight is 278 g/mol. The Morgan fingerprint density at radius 1 is 1.42 bits per heavy atom. The first-order valence-corrected chi connectivity index (χ1v) is 6.00. The summed E-state index contributed by atoms with van der Waals surface area (Å²) in [6.07, 6.45) is 2.07. The van der Waals surface area contributed by atoms with Crippen molar-refractivity contribution in [2.45, 2.75) is 13.0 Å². The maximum absolute atomic E-state index is 11.1. The van der Waals surface area contributed by atoms with Crippen molar-refractivity contribution in [1.29, 1.82) is 0 Å². The molecule has 1 aromatic carbocycles. The molecule has 0 aliphatic heterocycles. The molecule has 2 aromatic rings. The summed E-state index contributed by atoms with van der Waals surface area (Å²) < 4.78 is 1.53. The zero-order chi connectivity index (χ0) is 13.8. The molecule has 1 N–H and O–H groups in total. The van der Waals surface area contributed by atoms with Crippen LogP contribution >= 0.6 is 11.6 Å². The van der Waals surface area contributed by atoms with E-state index in [9.17, 15) is 4.79 Å². The Kier molecular flexibility index (Phi) is 3.97. The van der Waals surface area contributed by atoms with Crippen LogP contribution in [0.2, 0.25) is 5.02 Å². The number of aromatic carboxylic acids is 1. The van der Waals surface area contributed by atoms with Crippen LogP contribution in [0.25, 0.3) is 0 Å². The van der Waals surface area contributed by atoms with Crippen LogP contribution in [0.3, 0.4) is 0 Å². The molecular weight excluding hydrogens is 266 g/mol. The van der Waals surface area contributed by atoms with Gasteiger partial charge in [0.15, 0.2) is 5.69 Å². The van der Waals surface area contributed by atoms with Crippen LogP contribution in [0.1, 0.15) is 21.7 Å². The van der Waals surface area contributed by atoms with E-state index in [4.69, 9.17) is 16.7 Å². The van der Waals surface area contributed by atoms with Gasteiger partial charge in [-0.2, -0.15) is 0 Å². The van der Waals surface area contributed by atoms with Crippen LogP contribution in [-0.4, -0.2) is 26.1 Å². The van der Waals surface area contributed by atoms with Crippen LogP contribution in [0, 0.1) is 0 Å². The maximum atomic E-state index is 11.1. The van der Waals surface area contributed by atoms with Gasteiger partial charge in [0.2, 0.25) is 0 Å². The molecular formula is C13H12ClN3O2. The molecule has 19 heavy (non-hydrogen) atoms. The molecule has 0 spiro atoms. The van der Waals surface area contributed by atoms with Gasteiger partial charge in [0, 0.05) is 11.4 Å². The molecule has 5 nitrogen and oxygen atoms in total. The summed E-state index contributed by atoms with van der Waals surface area (Å²) in [6.45, 7) is 4.04. The summed E-state index contributed by atoms with van der Waals surface area (Å²) >= 11 is 5.82. The summed E-state index contributed by atoms with van der Waals surface area (Å²) in [5, 5.41) is 17.3. The highest BCUT2D eigenvalue weighted by Gasteiger charge is 2.18. The molecule has 0 fully saturated rings. The van der Waals surface area contributed by atoms with Crippen molar-refractivity contribution in [2.75, 3.05) is 0 Å². The molecule has 0 radical (unpaired) electrons. The molecule has 1 aromatic heterocycles. The Balaban J connectivity index is 2.36. The lowest BCUT2D eigenvalue weighted by atomic mass is 10.1. The van der Waals surface area contributed by atoms with Crippen LogP contribution < -0.4 is 0 Å². The standard InChI is InChI=1S/C13H12ClN3O2/c1-2-7-17-11(12(13(18)19)15-16-17)8-9-3-5-10(14)6-4-9/h2-6H,1,7-8H2,(H,18,19). The van der Waals surface area contributed by atoms with Gasteiger partial charge in [-0.05, 0) is 17.7 Å². The molecule has 0 atom stereocenters. The normalized spacial score (nSPS) is 10.4. The highest BCUT2D eigenvalue weighted by molar-refractivity contribution is 6.30. The Labute approximate surface area is 115 Å². The van der Waals surface area contributed by atoms with Crippen LogP contribution in [0.5, 0.6) is 0 Å². The molecule has 0 aliphatic carbocycles. The third kappa shape index (κ3) is 3.00. The second-order valence-corrected chi connectivity index (χ2v) is 4.40. The van der Waals surface area contributed by atoms with Crippen molar-refractivity contribution in [3.8, 4) is 0 Å². The second kappa shape index (κ2) is 5.67. The molecule has 2 rings (SSSR count). The number of nitrogens with zero attached hydrogens (tertiary/aromatic N) is 3. The van der Waals surface area contributed by atoms with Gasteiger partial charge in [0.25, 0.3) is 0 Å². The molecule has 0 bridgehead atoms. The first-order valence-electron chi connectivity index (χ1n) is 5.63. The molecule has 98 valence electrons. The van der Waals surface area contributed by atoms with E-state index in [1.54, 1.807) is 18.2 Å². The minimum absolute atomic E-state index is 0.0307. The minimum Gasteiger partial charge on any atom is -0.476 e. The van der Waals surface area contributed by atoms with Crippen LogP contribution in [0.15, 0.2) is 36.9 Å². The maximum Gasteiger partial charge on any atom is 0.358 e. The lowest BCUT2D eigenvalue weighted by molar-refractivity contribution is 0.0689. The number of halogens is 1. The fourth-order valence-electron chi connectivity index (χ4n) is 1.74. The van der Waals surface area contributed by atoms with E-state index in [2.05, 4.69) is 16.9 Å². The van der Waals surface area contributed by atoms with Gasteiger partial charge in [-0.15, -0.1) is 11.7 Å². The van der Waals surface area contributed by atoms with E-state index in [0.29, 0.717) is 23.7 Å². The first-order chi connectivity index (χ1) is 9.11. The SMILES string of the molecule is C=CCn1nnc(C(=O)O)c1Cc1ccc(Cl)cc1. The lowest BCUT2D eigenvalue weighted by Crippen LogP contribution is -2.08. The van der Waals surface area contributed by atoms with Crippen molar-refractivity contribution < 1.29 is 9.90 Å². The largest absolute Gasteiger partial charge is 0.476 e. The van der Waals surface area contributed by atoms with E-state index in [0.717, 1.165) is 5.56 Å². The zero-order valence-corrected chi connectivity index (χ0v) is 10.8. The van der Waals surface area contributed by atoms with Crippen molar-refractivity contribution in [2.24, 2.45) is 0 Å². The van der Waals surface area contributed by atoms with E-state index in [-0.39, 0.29) is 5.69 Å². The summed E-state index contributed by atoms with van der Waals surface area (Å²) in [4.78, 5) is 11.1. The highest BCUT2D eigenvalue weighted by atomic mass is 35.5. The number of rotatable bonds is 5. The van der Waals surface area contributed by atoms with E-state index < -0.39 is 5.97 Å². The van der Waals surface area contributed by atoms with Crippen molar-refractivity contribution >= 4 is 17.6 Å². The third-order valence-corrected chi connectivity index (χ3v) is 2.88. The highest BCUT2D eigenvalue weighted by Crippen LogP contribution is 2.15. The molecule has 0 amide bonds.